The lowest BCUT2D eigenvalue weighted by atomic mass is 9.85. The summed E-state index contributed by atoms with van der Waals surface area (Å²) < 4.78 is 0. The first-order chi connectivity index (χ1) is 12.3. The summed E-state index contributed by atoms with van der Waals surface area (Å²) in [6.45, 7) is 0. The average molecular weight is 349 g/mol. The van der Waals surface area contributed by atoms with Gasteiger partial charge in [-0.15, -0.1) is 0 Å². The highest BCUT2D eigenvalue weighted by molar-refractivity contribution is 6.34. The van der Waals surface area contributed by atoms with Gasteiger partial charge < -0.3 is 5.32 Å². The summed E-state index contributed by atoms with van der Waals surface area (Å²) in [6.07, 6.45) is 7.63. The minimum atomic E-state index is 0.541. The van der Waals surface area contributed by atoms with E-state index in [0.29, 0.717) is 11.8 Å². The summed E-state index contributed by atoms with van der Waals surface area (Å²) in [5.41, 5.74) is 4.45. The van der Waals surface area contributed by atoms with E-state index in [1.807, 2.05) is 54.7 Å². The zero-order valence-electron chi connectivity index (χ0n) is 14.0. The van der Waals surface area contributed by atoms with Gasteiger partial charge in [0.2, 0.25) is 0 Å². The highest BCUT2D eigenvalue weighted by Crippen LogP contribution is 2.49. The summed E-state index contributed by atoms with van der Waals surface area (Å²) in [6, 6.07) is 20.2. The second-order valence-corrected chi connectivity index (χ2v) is 7.06. The zero-order chi connectivity index (χ0) is 17.1. The molecule has 2 aliphatic carbocycles. The van der Waals surface area contributed by atoms with Crippen molar-refractivity contribution in [2.24, 2.45) is 16.8 Å². The molecular formula is C22H21ClN2. The first-order valence-electron chi connectivity index (χ1n) is 8.82. The van der Waals surface area contributed by atoms with Crippen LogP contribution in [0.4, 0.5) is 11.4 Å². The number of hydrogen-bond acceptors (Lipinski definition) is 2. The number of hydrogen-bond donors (Lipinski definition) is 1. The molecule has 2 unspecified atom stereocenters. The van der Waals surface area contributed by atoms with Crippen molar-refractivity contribution in [2.45, 2.75) is 19.3 Å². The van der Waals surface area contributed by atoms with E-state index in [4.69, 9.17) is 11.6 Å². The van der Waals surface area contributed by atoms with Gasteiger partial charge in [0.15, 0.2) is 0 Å². The van der Waals surface area contributed by atoms with Crippen molar-refractivity contribution in [3.05, 3.63) is 83.0 Å². The van der Waals surface area contributed by atoms with Gasteiger partial charge in [0.1, 0.15) is 0 Å². The Bertz CT molecular complexity index is 822. The zero-order valence-corrected chi connectivity index (χ0v) is 14.8. The number of aliphatic imine (C=N–C) groups is 1. The van der Waals surface area contributed by atoms with Crippen molar-refractivity contribution in [1.29, 1.82) is 0 Å². The molecule has 0 radical (unpaired) electrons. The predicted octanol–water partition coefficient (Wildman–Crippen LogP) is 6.31. The molecule has 0 heterocycles. The van der Waals surface area contributed by atoms with Crippen LogP contribution in [0.15, 0.2) is 88.0 Å². The van der Waals surface area contributed by atoms with Crippen LogP contribution < -0.4 is 5.32 Å². The van der Waals surface area contributed by atoms with Crippen LogP contribution in [0, 0.1) is 11.8 Å². The number of nitrogens with zero attached hydrogens (tertiary/aromatic N) is 1. The number of para-hydroxylation sites is 2. The predicted molar refractivity (Wildman–Crippen MR) is 106 cm³/mol. The minimum absolute atomic E-state index is 0.541. The number of benzene rings is 2. The fourth-order valence-corrected chi connectivity index (χ4v) is 4.18. The summed E-state index contributed by atoms with van der Waals surface area (Å²) in [4.78, 5) is 4.63. The van der Waals surface area contributed by atoms with Crippen LogP contribution >= 0.6 is 11.6 Å². The molecule has 0 saturated heterocycles. The molecule has 0 amide bonds. The molecule has 2 aromatic rings. The lowest BCUT2D eigenvalue weighted by Crippen LogP contribution is -2.14. The van der Waals surface area contributed by atoms with E-state index in [-0.39, 0.29) is 0 Å². The van der Waals surface area contributed by atoms with Gasteiger partial charge in [-0.3, -0.25) is 4.99 Å². The number of rotatable bonds is 4. The maximum absolute atomic E-state index is 6.79. The standard InChI is InChI=1S/C22H21ClN2/c23-22-20(14-24-18-7-3-1-4-8-18)16-11-12-17(13-16)21(22)15-25-19-9-5-2-6-10-19/h1-10,14-17,24H,11-13H2/b20-14+,25-15+. The van der Waals surface area contributed by atoms with E-state index < -0.39 is 0 Å². The lowest BCUT2D eigenvalue weighted by molar-refractivity contribution is 0.587. The molecule has 126 valence electrons. The van der Waals surface area contributed by atoms with Gasteiger partial charge in [0.25, 0.3) is 0 Å². The summed E-state index contributed by atoms with van der Waals surface area (Å²) in [5, 5.41) is 4.27. The van der Waals surface area contributed by atoms with Crippen molar-refractivity contribution in [3.63, 3.8) is 0 Å². The topological polar surface area (TPSA) is 24.4 Å². The monoisotopic (exact) mass is 348 g/mol. The summed E-state index contributed by atoms with van der Waals surface area (Å²) >= 11 is 6.79. The third kappa shape index (κ3) is 3.54. The first kappa shape index (κ1) is 16.2. The van der Waals surface area contributed by atoms with Gasteiger partial charge in [0.05, 0.1) is 10.7 Å². The molecule has 2 bridgehead atoms. The number of halogens is 1. The van der Waals surface area contributed by atoms with Gasteiger partial charge in [-0.05, 0) is 66.5 Å². The molecule has 1 fully saturated rings. The van der Waals surface area contributed by atoms with E-state index >= 15 is 0 Å². The number of nitrogens with one attached hydrogen (secondary N) is 1. The van der Waals surface area contributed by atoms with Crippen LogP contribution in [-0.2, 0) is 0 Å². The molecule has 1 saturated carbocycles. The molecule has 25 heavy (non-hydrogen) atoms. The molecule has 3 heteroatoms. The second-order valence-electron chi connectivity index (χ2n) is 6.68. The Morgan fingerprint density at radius 3 is 2.36 bits per heavy atom. The van der Waals surface area contributed by atoms with Crippen LogP contribution in [0.2, 0.25) is 0 Å². The van der Waals surface area contributed by atoms with Crippen molar-refractivity contribution in [2.75, 3.05) is 5.32 Å². The van der Waals surface area contributed by atoms with E-state index in [1.165, 1.54) is 30.4 Å². The van der Waals surface area contributed by atoms with E-state index in [9.17, 15) is 0 Å². The molecule has 2 atom stereocenters. The maximum Gasteiger partial charge on any atom is 0.0629 e. The second kappa shape index (κ2) is 7.28. The fourth-order valence-electron chi connectivity index (χ4n) is 3.77. The summed E-state index contributed by atoms with van der Waals surface area (Å²) in [7, 11) is 0. The molecule has 0 spiro atoms. The number of anilines is 1. The first-order valence-corrected chi connectivity index (χ1v) is 9.20. The molecular weight excluding hydrogens is 328 g/mol. The highest BCUT2D eigenvalue weighted by atomic mass is 35.5. The minimum Gasteiger partial charge on any atom is -0.361 e. The van der Waals surface area contributed by atoms with Crippen LogP contribution in [0.25, 0.3) is 0 Å². The van der Waals surface area contributed by atoms with Crippen LogP contribution in [0.1, 0.15) is 19.3 Å². The van der Waals surface area contributed by atoms with Crippen molar-refractivity contribution in [1.82, 2.24) is 0 Å². The molecule has 1 N–H and O–H groups in total. The molecule has 4 rings (SSSR count). The van der Waals surface area contributed by atoms with Gasteiger partial charge in [0, 0.05) is 18.1 Å². The van der Waals surface area contributed by atoms with Crippen LogP contribution in [0.5, 0.6) is 0 Å². The Morgan fingerprint density at radius 1 is 0.920 bits per heavy atom. The third-order valence-electron chi connectivity index (χ3n) is 5.10. The van der Waals surface area contributed by atoms with Crippen LogP contribution in [-0.4, -0.2) is 6.21 Å². The Morgan fingerprint density at radius 2 is 1.60 bits per heavy atom. The highest BCUT2D eigenvalue weighted by Gasteiger charge is 2.36. The average Bonchev–Trinajstić information content (AvgIpc) is 3.09. The Hall–Kier alpha value is -2.32. The van der Waals surface area contributed by atoms with Gasteiger partial charge in [-0.25, -0.2) is 0 Å². The molecule has 2 nitrogen and oxygen atoms in total. The summed E-state index contributed by atoms with van der Waals surface area (Å²) in [5.74, 6) is 1.10. The Labute approximate surface area is 153 Å². The number of fused-ring (bicyclic) bond motifs is 2. The van der Waals surface area contributed by atoms with Gasteiger partial charge in [-0.2, -0.15) is 0 Å². The maximum atomic E-state index is 6.79. The largest absolute Gasteiger partial charge is 0.361 e. The Kier molecular flexibility index (Phi) is 4.71. The van der Waals surface area contributed by atoms with Crippen molar-refractivity contribution >= 4 is 29.2 Å². The fraction of sp³-hybridized carbons (Fsp3) is 0.227. The van der Waals surface area contributed by atoms with E-state index in [2.05, 4.69) is 28.6 Å². The third-order valence-corrected chi connectivity index (χ3v) is 5.53. The van der Waals surface area contributed by atoms with E-state index in [1.54, 1.807) is 0 Å². The number of allylic oxidation sites excluding steroid dienone is 3. The molecule has 0 aromatic heterocycles. The lowest BCUT2D eigenvalue weighted by Gasteiger charge is -2.24. The SMILES string of the molecule is ClC1=C(/C=N/c2ccccc2)C2CCC(C2)/C1=C\Nc1ccccc1. The van der Waals surface area contributed by atoms with Crippen molar-refractivity contribution < 1.29 is 0 Å². The van der Waals surface area contributed by atoms with Gasteiger partial charge in [-0.1, -0.05) is 48.0 Å². The Balaban J connectivity index is 1.62. The van der Waals surface area contributed by atoms with E-state index in [0.717, 1.165) is 16.4 Å². The van der Waals surface area contributed by atoms with Crippen LogP contribution in [0.3, 0.4) is 0 Å². The van der Waals surface area contributed by atoms with Crippen molar-refractivity contribution in [3.8, 4) is 0 Å². The smallest absolute Gasteiger partial charge is 0.0629 e. The quantitative estimate of drug-likeness (QED) is 0.643. The normalized spacial score (nSPS) is 24.3. The molecule has 2 aromatic carbocycles. The van der Waals surface area contributed by atoms with Gasteiger partial charge >= 0.3 is 0 Å². The molecule has 2 aliphatic rings. The molecule has 0 aliphatic heterocycles.